The molecule has 0 bridgehead atoms. The van der Waals surface area contributed by atoms with Crippen molar-refractivity contribution in [1.82, 2.24) is 4.98 Å². The second kappa shape index (κ2) is 4.56. The quantitative estimate of drug-likeness (QED) is 0.697. The number of rotatable bonds is 2. The lowest BCUT2D eigenvalue weighted by Crippen LogP contribution is -2.16. The van der Waals surface area contributed by atoms with Crippen LogP contribution in [0, 0.1) is 0 Å². The van der Waals surface area contributed by atoms with E-state index in [0.29, 0.717) is 11.4 Å². The van der Waals surface area contributed by atoms with Crippen molar-refractivity contribution >= 4 is 11.1 Å². The second-order valence-electron chi connectivity index (χ2n) is 4.06. The summed E-state index contributed by atoms with van der Waals surface area (Å²) in [5, 5.41) is 0. The minimum absolute atomic E-state index is 0.241. The van der Waals surface area contributed by atoms with Crippen LogP contribution in [0.3, 0.4) is 0 Å². The summed E-state index contributed by atoms with van der Waals surface area (Å²) < 4.78 is 45.7. The van der Waals surface area contributed by atoms with Gasteiger partial charge in [-0.25, -0.2) is 4.98 Å². The Kier molecular flexibility index (Phi) is 2.85. The number of ether oxygens (including phenoxy) is 1. The zero-order valence-corrected chi connectivity index (χ0v) is 10.0. The molecule has 0 amide bonds. The molecule has 3 aromatic rings. The zero-order chi connectivity index (χ0) is 14.2. The van der Waals surface area contributed by atoms with E-state index in [1.807, 2.05) is 18.2 Å². The fraction of sp³-hybridized carbons (Fsp3) is 0.0714. The fourth-order valence-corrected chi connectivity index (χ4v) is 1.81. The number of hydrogen-bond donors (Lipinski definition) is 0. The summed E-state index contributed by atoms with van der Waals surface area (Å²) in [5.74, 6) is 0.0190. The summed E-state index contributed by atoms with van der Waals surface area (Å²) in [7, 11) is 0. The molecule has 1 heterocycles. The number of alkyl halides is 3. The lowest BCUT2D eigenvalue weighted by atomic mass is 10.2. The van der Waals surface area contributed by atoms with Crippen LogP contribution in [0.15, 0.2) is 52.9 Å². The van der Waals surface area contributed by atoms with Crippen LogP contribution in [-0.2, 0) is 0 Å². The minimum Gasteiger partial charge on any atom is -0.436 e. The number of oxazole rings is 1. The van der Waals surface area contributed by atoms with E-state index in [1.54, 1.807) is 12.1 Å². The Hall–Kier alpha value is -2.50. The molecule has 3 nitrogen and oxygen atoms in total. The molecule has 0 fully saturated rings. The molecule has 0 aliphatic carbocycles. The Morgan fingerprint density at radius 1 is 1.00 bits per heavy atom. The molecule has 2 aromatic carbocycles. The average Bonchev–Trinajstić information content (AvgIpc) is 2.81. The highest BCUT2D eigenvalue weighted by Gasteiger charge is 2.31. The van der Waals surface area contributed by atoms with Gasteiger partial charge in [-0.3, -0.25) is 0 Å². The van der Waals surface area contributed by atoms with Gasteiger partial charge in [-0.1, -0.05) is 18.2 Å². The third-order valence-corrected chi connectivity index (χ3v) is 2.61. The first-order valence-electron chi connectivity index (χ1n) is 5.73. The molecule has 0 radical (unpaired) electrons. The van der Waals surface area contributed by atoms with E-state index >= 15 is 0 Å². The van der Waals surface area contributed by atoms with Crippen molar-refractivity contribution in [3.8, 4) is 17.2 Å². The minimum atomic E-state index is -4.73. The predicted molar refractivity (Wildman–Crippen MR) is 66.1 cm³/mol. The van der Waals surface area contributed by atoms with E-state index in [2.05, 4.69) is 9.72 Å². The molecular weight excluding hydrogens is 271 g/mol. The van der Waals surface area contributed by atoms with Crippen molar-refractivity contribution in [2.45, 2.75) is 6.36 Å². The second-order valence-corrected chi connectivity index (χ2v) is 4.06. The lowest BCUT2D eigenvalue weighted by molar-refractivity contribution is -0.274. The summed E-state index contributed by atoms with van der Waals surface area (Å²) in [6.07, 6.45) is -4.73. The van der Waals surface area contributed by atoms with Gasteiger partial charge in [0.05, 0.1) is 0 Å². The van der Waals surface area contributed by atoms with Gasteiger partial charge in [-0.15, -0.1) is 13.2 Å². The first-order valence-corrected chi connectivity index (χ1v) is 5.73. The van der Waals surface area contributed by atoms with Crippen LogP contribution in [-0.4, -0.2) is 11.3 Å². The van der Waals surface area contributed by atoms with E-state index in [4.69, 9.17) is 4.42 Å². The van der Waals surface area contributed by atoms with Gasteiger partial charge in [0.25, 0.3) is 0 Å². The Morgan fingerprint density at radius 2 is 1.75 bits per heavy atom. The Labute approximate surface area is 111 Å². The van der Waals surface area contributed by atoms with Gasteiger partial charge in [-0.05, 0) is 24.3 Å². The highest BCUT2D eigenvalue weighted by Crippen LogP contribution is 2.29. The zero-order valence-electron chi connectivity index (χ0n) is 10.0. The van der Waals surface area contributed by atoms with Gasteiger partial charge in [0.2, 0.25) is 5.89 Å². The lowest BCUT2D eigenvalue weighted by Gasteiger charge is -2.07. The highest BCUT2D eigenvalue weighted by atomic mass is 19.4. The molecule has 0 unspecified atom stereocenters. The summed E-state index contributed by atoms with van der Waals surface area (Å²) in [5.41, 5.74) is 1.46. The molecule has 6 heteroatoms. The molecule has 0 aliphatic heterocycles. The smallest absolute Gasteiger partial charge is 0.436 e. The standard InChI is InChI=1S/C14H8F3NO2/c15-14(16,17)20-10-6-7-11-12(8-10)19-13(18-11)9-4-2-1-3-5-9/h1-8H. The van der Waals surface area contributed by atoms with Gasteiger partial charge >= 0.3 is 6.36 Å². The van der Waals surface area contributed by atoms with Crippen molar-refractivity contribution in [3.63, 3.8) is 0 Å². The highest BCUT2D eigenvalue weighted by molar-refractivity contribution is 5.77. The molecule has 102 valence electrons. The summed E-state index contributed by atoms with van der Waals surface area (Å²) >= 11 is 0. The van der Waals surface area contributed by atoms with E-state index < -0.39 is 6.36 Å². The molecule has 0 saturated heterocycles. The summed E-state index contributed by atoms with van der Waals surface area (Å²) in [6, 6.07) is 12.9. The third kappa shape index (κ3) is 2.59. The number of fused-ring (bicyclic) bond motifs is 1. The van der Waals surface area contributed by atoms with Crippen molar-refractivity contribution in [2.24, 2.45) is 0 Å². The fourth-order valence-electron chi connectivity index (χ4n) is 1.81. The number of hydrogen-bond acceptors (Lipinski definition) is 3. The van der Waals surface area contributed by atoms with Gasteiger partial charge in [0.1, 0.15) is 11.3 Å². The van der Waals surface area contributed by atoms with Crippen LogP contribution >= 0.6 is 0 Å². The van der Waals surface area contributed by atoms with Crippen LogP contribution in [0.5, 0.6) is 5.75 Å². The van der Waals surface area contributed by atoms with Crippen LogP contribution in [0.4, 0.5) is 13.2 Å². The van der Waals surface area contributed by atoms with Gasteiger partial charge in [0.15, 0.2) is 5.58 Å². The maximum atomic E-state index is 12.1. The molecule has 0 aliphatic rings. The molecule has 0 saturated carbocycles. The van der Waals surface area contributed by atoms with E-state index in [-0.39, 0.29) is 11.3 Å². The molecule has 3 rings (SSSR count). The summed E-state index contributed by atoms with van der Waals surface area (Å²) in [4.78, 5) is 4.22. The van der Waals surface area contributed by atoms with Gasteiger partial charge in [-0.2, -0.15) is 0 Å². The molecule has 0 spiro atoms. The van der Waals surface area contributed by atoms with Crippen molar-refractivity contribution < 1.29 is 22.3 Å². The number of aromatic nitrogens is 1. The topological polar surface area (TPSA) is 35.3 Å². The third-order valence-electron chi connectivity index (χ3n) is 2.61. The van der Waals surface area contributed by atoms with E-state index in [9.17, 15) is 13.2 Å². The maximum absolute atomic E-state index is 12.1. The monoisotopic (exact) mass is 279 g/mol. The van der Waals surface area contributed by atoms with Crippen molar-refractivity contribution in [3.05, 3.63) is 48.5 Å². The van der Waals surface area contributed by atoms with E-state index in [1.165, 1.54) is 18.2 Å². The van der Waals surface area contributed by atoms with E-state index in [0.717, 1.165) is 5.56 Å². The van der Waals surface area contributed by atoms with Crippen LogP contribution in [0.1, 0.15) is 0 Å². The Balaban J connectivity index is 2.00. The molecular formula is C14H8F3NO2. The SMILES string of the molecule is FC(F)(F)Oc1ccc2nc(-c3ccccc3)oc2c1. The number of benzene rings is 2. The van der Waals surface area contributed by atoms with Crippen LogP contribution < -0.4 is 4.74 Å². The van der Waals surface area contributed by atoms with Gasteiger partial charge < -0.3 is 9.15 Å². The predicted octanol–water partition coefficient (Wildman–Crippen LogP) is 4.39. The normalized spacial score (nSPS) is 11.8. The van der Waals surface area contributed by atoms with Crippen molar-refractivity contribution in [1.29, 1.82) is 0 Å². The molecule has 1 aromatic heterocycles. The summed E-state index contributed by atoms with van der Waals surface area (Å²) in [6.45, 7) is 0. The Bertz CT molecular complexity index is 735. The molecule has 20 heavy (non-hydrogen) atoms. The molecule has 0 atom stereocenters. The Morgan fingerprint density at radius 3 is 2.45 bits per heavy atom. The van der Waals surface area contributed by atoms with Crippen molar-refractivity contribution in [2.75, 3.05) is 0 Å². The first kappa shape index (κ1) is 12.5. The number of halogens is 3. The maximum Gasteiger partial charge on any atom is 0.573 e. The average molecular weight is 279 g/mol. The van der Waals surface area contributed by atoms with Gasteiger partial charge in [0, 0.05) is 11.6 Å². The largest absolute Gasteiger partial charge is 0.573 e. The van der Waals surface area contributed by atoms with Crippen LogP contribution in [0.25, 0.3) is 22.6 Å². The molecule has 0 N–H and O–H groups in total. The first-order chi connectivity index (χ1) is 9.51. The number of nitrogens with zero attached hydrogens (tertiary/aromatic N) is 1. The van der Waals surface area contributed by atoms with Crippen LogP contribution in [0.2, 0.25) is 0 Å².